The molecule has 0 saturated carbocycles. The summed E-state index contributed by atoms with van der Waals surface area (Å²) in [5, 5.41) is 10.1. The molecule has 4 rings (SSSR count). The maximum atomic E-state index is 12.8. The lowest BCUT2D eigenvalue weighted by molar-refractivity contribution is 0.103. The van der Waals surface area contributed by atoms with E-state index in [4.69, 9.17) is 0 Å². The molecular weight excluding hydrogens is 376 g/mol. The summed E-state index contributed by atoms with van der Waals surface area (Å²) in [6.07, 6.45) is 3.65. The van der Waals surface area contributed by atoms with Crippen LogP contribution in [0.4, 0.5) is 5.69 Å². The van der Waals surface area contributed by atoms with E-state index in [2.05, 4.69) is 39.8 Å². The van der Waals surface area contributed by atoms with Crippen molar-refractivity contribution in [3.05, 3.63) is 64.2 Å². The number of amides is 1. The normalized spacial score (nSPS) is 10.9. The highest BCUT2D eigenvalue weighted by atomic mass is 32.1. The molecule has 5 nitrogen and oxygen atoms in total. The Hall–Kier alpha value is -2.77. The number of aryl methyl sites for hydroxylation is 3. The molecule has 27 heavy (non-hydrogen) atoms. The molecule has 3 aromatic heterocycles. The molecule has 3 heterocycles. The van der Waals surface area contributed by atoms with Crippen LogP contribution in [0.5, 0.6) is 0 Å². The molecular formula is C20H18N4OS2. The number of carbonyl (C=O) groups excluding carboxylic acids is 1. The van der Waals surface area contributed by atoms with Crippen LogP contribution in [0.3, 0.4) is 0 Å². The van der Waals surface area contributed by atoms with Crippen LogP contribution in [0, 0.1) is 13.8 Å². The molecule has 0 spiro atoms. The van der Waals surface area contributed by atoms with Crippen molar-refractivity contribution >= 4 is 34.3 Å². The van der Waals surface area contributed by atoms with Gasteiger partial charge in [0.25, 0.3) is 5.91 Å². The topological polar surface area (TPSA) is 59.8 Å². The van der Waals surface area contributed by atoms with Gasteiger partial charge in [-0.2, -0.15) is 5.10 Å². The zero-order valence-electron chi connectivity index (χ0n) is 15.2. The van der Waals surface area contributed by atoms with Gasteiger partial charge in [-0.1, -0.05) is 12.1 Å². The minimum absolute atomic E-state index is 0.139. The third-order valence-corrected chi connectivity index (χ3v) is 6.47. The minimum atomic E-state index is -0.139. The smallest absolute Gasteiger partial charge is 0.267 e. The lowest BCUT2D eigenvalue weighted by Crippen LogP contribution is -2.11. The molecule has 0 radical (unpaired) electrons. The summed E-state index contributed by atoms with van der Waals surface area (Å²) in [6.45, 7) is 3.95. The second-order valence-corrected chi connectivity index (χ2v) is 8.22. The first kappa shape index (κ1) is 17.6. The van der Waals surface area contributed by atoms with Gasteiger partial charge in [-0.3, -0.25) is 9.48 Å². The molecule has 0 aliphatic heterocycles. The fourth-order valence-electron chi connectivity index (χ4n) is 2.86. The highest BCUT2D eigenvalue weighted by Crippen LogP contribution is 2.31. The van der Waals surface area contributed by atoms with Crippen LogP contribution in [0.15, 0.2) is 48.1 Å². The molecule has 4 aromatic rings. The molecule has 0 bridgehead atoms. The lowest BCUT2D eigenvalue weighted by Gasteiger charge is -2.07. The number of nitrogens with zero attached hydrogens (tertiary/aromatic N) is 3. The number of thiophene rings is 1. The average molecular weight is 395 g/mol. The van der Waals surface area contributed by atoms with Crippen LogP contribution in [0.25, 0.3) is 21.0 Å². The Morgan fingerprint density at radius 3 is 2.74 bits per heavy atom. The number of aromatic nitrogens is 3. The first-order chi connectivity index (χ1) is 13.0. The van der Waals surface area contributed by atoms with Crippen molar-refractivity contribution in [1.29, 1.82) is 0 Å². The molecule has 0 aliphatic rings. The largest absolute Gasteiger partial charge is 0.321 e. The van der Waals surface area contributed by atoms with Crippen molar-refractivity contribution in [3.8, 4) is 21.0 Å². The van der Waals surface area contributed by atoms with Crippen LogP contribution in [0.2, 0.25) is 0 Å². The number of rotatable bonds is 4. The number of anilines is 1. The molecule has 1 aromatic carbocycles. The average Bonchev–Trinajstić information content (AvgIpc) is 3.35. The number of hydrogen-bond acceptors (Lipinski definition) is 5. The summed E-state index contributed by atoms with van der Waals surface area (Å²) < 4.78 is 1.73. The van der Waals surface area contributed by atoms with Gasteiger partial charge in [-0.25, -0.2) is 4.98 Å². The molecule has 0 fully saturated rings. The highest BCUT2D eigenvalue weighted by molar-refractivity contribution is 7.17. The predicted molar refractivity (Wildman–Crippen MR) is 111 cm³/mol. The number of benzene rings is 1. The molecule has 0 aliphatic carbocycles. The van der Waals surface area contributed by atoms with E-state index < -0.39 is 0 Å². The fourth-order valence-corrected chi connectivity index (χ4v) is 4.72. The Labute approximate surface area is 165 Å². The molecule has 7 heteroatoms. The van der Waals surface area contributed by atoms with E-state index in [1.807, 2.05) is 38.4 Å². The summed E-state index contributed by atoms with van der Waals surface area (Å²) in [7, 11) is 1.86. The van der Waals surface area contributed by atoms with Crippen LogP contribution >= 0.6 is 22.7 Å². The summed E-state index contributed by atoms with van der Waals surface area (Å²) in [5.41, 5.74) is 4.77. The standard InChI is InChI=1S/C20H18N4OS2/c1-12-7-8-26-17(12)14-5-4-6-16(9-14)23-19(25)18-13(2)22-20(27-18)15-10-21-24(3)11-15/h4-11H,1-3H3,(H,23,25). The Morgan fingerprint density at radius 1 is 1.19 bits per heavy atom. The van der Waals surface area contributed by atoms with E-state index >= 15 is 0 Å². The number of nitrogens with one attached hydrogen (secondary N) is 1. The van der Waals surface area contributed by atoms with E-state index in [1.54, 1.807) is 22.2 Å². The molecule has 0 saturated heterocycles. The van der Waals surface area contributed by atoms with E-state index in [-0.39, 0.29) is 5.91 Å². The Balaban J connectivity index is 1.58. The summed E-state index contributed by atoms with van der Waals surface area (Å²) in [6, 6.07) is 10.0. The quantitative estimate of drug-likeness (QED) is 0.521. The first-order valence-corrected chi connectivity index (χ1v) is 10.1. The van der Waals surface area contributed by atoms with E-state index in [0.29, 0.717) is 4.88 Å². The van der Waals surface area contributed by atoms with Gasteiger partial charge in [0, 0.05) is 29.4 Å². The predicted octanol–water partition coefficient (Wildman–Crippen LogP) is 5.14. The van der Waals surface area contributed by atoms with Gasteiger partial charge in [0.1, 0.15) is 9.88 Å². The van der Waals surface area contributed by atoms with E-state index in [1.165, 1.54) is 21.8 Å². The maximum absolute atomic E-state index is 12.8. The molecule has 136 valence electrons. The monoisotopic (exact) mass is 394 g/mol. The third kappa shape index (κ3) is 3.56. The van der Waals surface area contributed by atoms with Gasteiger partial charge in [0.05, 0.1) is 11.9 Å². The number of hydrogen-bond donors (Lipinski definition) is 1. The van der Waals surface area contributed by atoms with Gasteiger partial charge < -0.3 is 5.32 Å². The van der Waals surface area contributed by atoms with Crippen LogP contribution in [-0.2, 0) is 7.05 Å². The maximum Gasteiger partial charge on any atom is 0.267 e. The minimum Gasteiger partial charge on any atom is -0.321 e. The molecule has 0 unspecified atom stereocenters. The lowest BCUT2D eigenvalue weighted by atomic mass is 10.1. The first-order valence-electron chi connectivity index (χ1n) is 8.43. The summed E-state index contributed by atoms with van der Waals surface area (Å²) in [4.78, 5) is 19.2. The number of carbonyl (C=O) groups is 1. The van der Waals surface area contributed by atoms with Crippen molar-refractivity contribution in [2.45, 2.75) is 13.8 Å². The van der Waals surface area contributed by atoms with Gasteiger partial charge >= 0.3 is 0 Å². The van der Waals surface area contributed by atoms with Crippen LogP contribution < -0.4 is 5.32 Å². The Kier molecular flexibility index (Phi) is 4.63. The van der Waals surface area contributed by atoms with E-state index in [0.717, 1.165) is 27.5 Å². The van der Waals surface area contributed by atoms with Gasteiger partial charge in [-0.05, 0) is 48.6 Å². The highest BCUT2D eigenvalue weighted by Gasteiger charge is 2.17. The second kappa shape index (κ2) is 7.09. The van der Waals surface area contributed by atoms with Gasteiger partial charge in [0.15, 0.2) is 0 Å². The van der Waals surface area contributed by atoms with E-state index in [9.17, 15) is 4.79 Å². The van der Waals surface area contributed by atoms with Gasteiger partial charge in [-0.15, -0.1) is 22.7 Å². The zero-order chi connectivity index (χ0) is 19.0. The SMILES string of the molecule is Cc1ccsc1-c1cccc(NC(=O)c2sc(-c3cnn(C)c3)nc2C)c1. The number of thiazole rings is 1. The second-order valence-electron chi connectivity index (χ2n) is 6.30. The van der Waals surface area contributed by atoms with Crippen molar-refractivity contribution in [2.75, 3.05) is 5.32 Å². The Morgan fingerprint density at radius 2 is 2.04 bits per heavy atom. The summed E-state index contributed by atoms with van der Waals surface area (Å²) in [5.74, 6) is -0.139. The summed E-state index contributed by atoms with van der Waals surface area (Å²) >= 11 is 3.09. The molecule has 1 amide bonds. The van der Waals surface area contributed by atoms with Crippen molar-refractivity contribution < 1.29 is 4.79 Å². The van der Waals surface area contributed by atoms with Crippen molar-refractivity contribution in [1.82, 2.24) is 14.8 Å². The third-order valence-electron chi connectivity index (χ3n) is 4.20. The fraction of sp³-hybridized carbons (Fsp3) is 0.150. The van der Waals surface area contributed by atoms with Gasteiger partial charge in [0.2, 0.25) is 0 Å². The van der Waals surface area contributed by atoms with Crippen molar-refractivity contribution in [3.63, 3.8) is 0 Å². The Bertz CT molecular complexity index is 1120. The molecule has 0 atom stereocenters. The molecule has 1 N–H and O–H groups in total. The van der Waals surface area contributed by atoms with Crippen LogP contribution in [0.1, 0.15) is 20.9 Å². The zero-order valence-corrected chi connectivity index (χ0v) is 16.8. The van der Waals surface area contributed by atoms with Crippen LogP contribution in [-0.4, -0.2) is 20.7 Å². The van der Waals surface area contributed by atoms with Crippen molar-refractivity contribution in [2.24, 2.45) is 7.05 Å².